The third-order valence-corrected chi connectivity index (χ3v) is 6.92. The molecule has 2 aromatic heterocycles. The molecule has 0 aliphatic heterocycles. The molecule has 0 aliphatic carbocycles. The zero-order chi connectivity index (χ0) is 24.8. The Labute approximate surface area is 211 Å². The highest BCUT2D eigenvalue weighted by Crippen LogP contribution is 2.36. The first-order chi connectivity index (χ1) is 17.0. The number of aromatic nitrogens is 3. The van der Waals surface area contributed by atoms with E-state index in [1.807, 2.05) is 43.3 Å². The second kappa shape index (κ2) is 11.4. The zero-order valence-electron chi connectivity index (χ0n) is 21.0. The van der Waals surface area contributed by atoms with E-state index in [1.165, 1.54) is 6.42 Å². The van der Waals surface area contributed by atoms with Crippen LogP contribution in [-0.4, -0.2) is 35.2 Å². The van der Waals surface area contributed by atoms with Gasteiger partial charge >= 0.3 is 0 Å². The topological polar surface area (TPSA) is 81.2 Å². The van der Waals surface area contributed by atoms with Crippen LogP contribution in [0.1, 0.15) is 44.4 Å². The Morgan fingerprint density at radius 1 is 1.00 bits per heavy atom. The maximum absolute atomic E-state index is 5.43. The van der Waals surface area contributed by atoms with E-state index in [2.05, 4.69) is 30.5 Å². The lowest BCUT2D eigenvalue weighted by molar-refractivity contribution is 0.354. The minimum absolute atomic E-state index is 0.288. The predicted octanol–water partition coefficient (Wildman–Crippen LogP) is 6.68. The number of para-hydroxylation sites is 1. The number of hydrogen-bond donors (Lipinski definition) is 2. The van der Waals surface area contributed by atoms with Crippen LogP contribution in [0.2, 0.25) is 0 Å². The molecule has 35 heavy (non-hydrogen) atoms. The van der Waals surface area contributed by atoms with E-state index in [4.69, 9.17) is 24.4 Å². The molecule has 2 N–H and O–H groups in total. The molecule has 184 valence electrons. The fraction of sp³-hybridized carbons (Fsp3) is 0.370. The lowest BCUT2D eigenvalue weighted by Crippen LogP contribution is -2.18. The molecule has 7 nitrogen and oxygen atoms in total. The average molecular weight is 492 g/mol. The molecule has 0 saturated carbocycles. The lowest BCUT2D eigenvalue weighted by Gasteiger charge is -2.19. The lowest BCUT2D eigenvalue weighted by atomic mass is 10.1. The van der Waals surface area contributed by atoms with Gasteiger partial charge in [0.05, 0.1) is 35.7 Å². The van der Waals surface area contributed by atoms with Crippen molar-refractivity contribution >= 4 is 33.3 Å². The Bertz CT molecular complexity index is 1260. The van der Waals surface area contributed by atoms with Crippen LogP contribution >= 0.6 is 11.3 Å². The van der Waals surface area contributed by atoms with Crippen molar-refractivity contribution in [3.63, 3.8) is 0 Å². The molecule has 0 saturated heterocycles. The number of fused-ring (bicyclic) bond motifs is 1. The van der Waals surface area contributed by atoms with Crippen LogP contribution in [0.25, 0.3) is 20.8 Å². The van der Waals surface area contributed by atoms with E-state index in [1.54, 1.807) is 25.6 Å². The molecular formula is C27H33N5O2S. The summed E-state index contributed by atoms with van der Waals surface area (Å²) in [5.74, 6) is 2.79. The third-order valence-electron chi connectivity index (χ3n) is 5.87. The summed E-state index contributed by atoms with van der Waals surface area (Å²) in [6.45, 7) is 6.99. The molecule has 0 radical (unpaired) electrons. The molecule has 2 heterocycles. The molecule has 4 aromatic rings. The summed E-state index contributed by atoms with van der Waals surface area (Å²) in [4.78, 5) is 14.6. The summed E-state index contributed by atoms with van der Waals surface area (Å²) >= 11 is 1.67. The summed E-state index contributed by atoms with van der Waals surface area (Å²) in [6.07, 6.45) is 3.41. The number of thiazole rings is 1. The Kier molecular flexibility index (Phi) is 8.02. The van der Waals surface area contributed by atoms with Crippen molar-refractivity contribution in [1.29, 1.82) is 0 Å². The third kappa shape index (κ3) is 5.82. The van der Waals surface area contributed by atoms with Gasteiger partial charge in [-0.1, -0.05) is 38.0 Å². The smallest absolute Gasteiger partial charge is 0.225 e. The van der Waals surface area contributed by atoms with Crippen molar-refractivity contribution in [2.24, 2.45) is 0 Å². The average Bonchev–Trinajstić information content (AvgIpc) is 3.29. The summed E-state index contributed by atoms with van der Waals surface area (Å²) in [6, 6.07) is 14.4. The van der Waals surface area contributed by atoms with Gasteiger partial charge in [-0.2, -0.15) is 4.98 Å². The van der Waals surface area contributed by atoms with Crippen molar-refractivity contribution in [1.82, 2.24) is 15.0 Å². The van der Waals surface area contributed by atoms with Crippen molar-refractivity contribution in [3.05, 3.63) is 53.7 Å². The Morgan fingerprint density at radius 2 is 1.80 bits per heavy atom. The molecule has 8 heteroatoms. The van der Waals surface area contributed by atoms with Crippen LogP contribution < -0.4 is 20.1 Å². The normalized spacial score (nSPS) is 11.9. The van der Waals surface area contributed by atoms with Gasteiger partial charge in [-0.15, -0.1) is 11.3 Å². The van der Waals surface area contributed by atoms with Crippen molar-refractivity contribution in [3.8, 4) is 22.1 Å². The van der Waals surface area contributed by atoms with Crippen LogP contribution in [0, 0.1) is 6.92 Å². The first kappa shape index (κ1) is 24.7. The van der Waals surface area contributed by atoms with Gasteiger partial charge in [0.2, 0.25) is 5.95 Å². The number of ether oxygens (including phenoxy) is 2. The Balaban J connectivity index is 1.65. The van der Waals surface area contributed by atoms with Crippen molar-refractivity contribution in [2.45, 2.75) is 52.6 Å². The van der Waals surface area contributed by atoms with Crippen LogP contribution in [-0.2, 0) is 6.54 Å². The number of nitrogens with zero attached hydrogens (tertiary/aromatic N) is 3. The quantitative estimate of drug-likeness (QED) is 0.242. The van der Waals surface area contributed by atoms with E-state index >= 15 is 0 Å². The first-order valence-corrected chi connectivity index (χ1v) is 12.8. The zero-order valence-corrected chi connectivity index (χ0v) is 21.8. The minimum atomic E-state index is 0.288. The van der Waals surface area contributed by atoms with Crippen molar-refractivity contribution in [2.75, 3.05) is 24.9 Å². The number of unbranched alkanes of at least 4 members (excludes halogenated alkanes) is 1. The van der Waals surface area contributed by atoms with Gasteiger partial charge < -0.3 is 20.1 Å². The van der Waals surface area contributed by atoms with Gasteiger partial charge in [-0.25, -0.2) is 9.97 Å². The molecule has 0 bridgehead atoms. The predicted molar refractivity (Wildman–Crippen MR) is 145 cm³/mol. The molecule has 1 atom stereocenters. The molecule has 2 aromatic carbocycles. The molecule has 0 amide bonds. The van der Waals surface area contributed by atoms with Crippen LogP contribution in [0.15, 0.2) is 42.5 Å². The number of methoxy groups -OCH3 is 2. The van der Waals surface area contributed by atoms with E-state index < -0.39 is 0 Å². The second-order valence-corrected chi connectivity index (χ2v) is 9.60. The number of aryl methyl sites for hydroxylation is 1. The Morgan fingerprint density at radius 3 is 2.54 bits per heavy atom. The van der Waals surface area contributed by atoms with Crippen LogP contribution in [0.3, 0.4) is 0 Å². The van der Waals surface area contributed by atoms with Gasteiger partial charge in [0.15, 0.2) is 11.5 Å². The minimum Gasteiger partial charge on any atom is -0.493 e. The van der Waals surface area contributed by atoms with E-state index in [-0.39, 0.29) is 6.04 Å². The summed E-state index contributed by atoms with van der Waals surface area (Å²) in [5.41, 5.74) is 3.89. The number of hydrogen-bond acceptors (Lipinski definition) is 8. The van der Waals surface area contributed by atoms with Gasteiger partial charge in [0, 0.05) is 12.6 Å². The molecule has 4 rings (SSSR count). The fourth-order valence-corrected chi connectivity index (χ4v) is 5.04. The molecule has 0 spiro atoms. The summed E-state index contributed by atoms with van der Waals surface area (Å²) < 4.78 is 11.9. The summed E-state index contributed by atoms with van der Waals surface area (Å²) in [5, 5.41) is 7.95. The maximum atomic E-state index is 5.43. The Hall–Kier alpha value is -3.39. The molecule has 1 unspecified atom stereocenters. The number of rotatable bonds is 11. The summed E-state index contributed by atoms with van der Waals surface area (Å²) in [7, 11) is 3.27. The highest BCUT2D eigenvalue weighted by Gasteiger charge is 2.19. The first-order valence-electron chi connectivity index (χ1n) is 12.0. The number of benzene rings is 2. The highest BCUT2D eigenvalue weighted by atomic mass is 32.1. The SMILES string of the molecule is CCCCC(C)Nc1nc(NCc2ccc(OC)c(OC)c2)nc(C)c1-c1nc2ccccc2s1. The largest absolute Gasteiger partial charge is 0.493 e. The number of nitrogens with one attached hydrogen (secondary N) is 2. The molecule has 0 fully saturated rings. The van der Waals surface area contributed by atoms with E-state index in [0.29, 0.717) is 24.0 Å². The van der Waals surface area contributed by atoms with Crippen LogP contribution in [0.5, 0.6) is 11.5 Å². The maximum Gasteiger partial charge on any atom is 0.225 e. The van der Waals surface area contributed by atoms with Gasteiger partial charge in [0.25, 0.3) is 0 Å². The van der Waals surface area contributed by atoms with Crippen LogP contribution in [0.4, 0.5) is 11.8 Å². The van der Waals surface area contributed by atoms with Gasteiger partial charge in [-0.05, 0) is 50.1 Å². The van der Waals surface area contributed by atoms with E-state index in [9.17, 15) is 0 Å². The van der Waals surface area contributed by atoms with Crippen molar-refractivity contribution < 1.29 is 9.47 Å². The van der Waals surface area contributed by atoms with Gasteiger partial charge in [0.1, 0.15) is 10.8 Å². The number of anilines is 2. The second-order valence-electron chi connectivity index (χ2n) is 8.57. The highest BCUT2D eigenvalue weighted by molar-refractivity contribution is 7.21. The molecular weight excluding hydrogens is 458 g/mol. The monoisotopic (exact) mass is 491 g/mol. The van der Waals surface area contributed by atoms with Gasteiger partial charge in [-0.3, -0.25) is 0 Å². The fourth-order valence-electron chi connectivity index (χ4n) is 3.98. The van der Waals surface area contributed by atoms with E-state index in [0.717, 1.165) is 50.7 Å². The molecule has 0 aliphatic rings. The standard InChI is InChI=1S/C27H33N5O2S/c1-6-7-10-17(2)29-25-24(26-31-20-11-8-9-12-23(20)35-26)18(3)30-27(32-25)28-16-19-13-14-21(33-4)22(15-19)34-5/h8-9,11-15,17H,6-7,10,16H2,1-5H3,(H2,28,29,30,32).